The molecule has 182 valence electrons. The third kappa shape index (κ3) is 2.22. The Morgan fingerprint density at radius 1 is 1.21 bits per heavy atom. The average Bonchev–Trinajstić information content (AvgIpc) is 3.36. The Morgan fingerprint density at radius 2 is 1.97 bits per heavy atom. The fraction of sp³-hybridized carbons (Fsp3) is 0.690. The molecule has 5 aliphatic carbocycles. The van der Waals surface area contributed by atoms with Crippen LogP contribution >= 0.6 is 0 Å². The standard InChI is InChI=1S/C29H37NO4/c1-4-30-15-27(3)11-10-23(31)29-21(27)12-19(24(29)30)28-14-18(16(2)25(28)32)20(13-22(28)29)34-26(33)17-8-6-5-7-9-17/h5-9,18-25,31-32H,2,4,10-15H2,1,3H3/t18-,19?,20-,21+,22+,23+,24?,25+,27-,28-,29-/m0/s1. The normalized spacial score (nSPS) is 52.5. The van der Waals surface area contributed by atoms with Crippen LogP contribution in [-0.2, 0) is 4.74 Å². The SMILES string of the molecule is C=C1[C@@H](O)[C@]23C[C@@H]1[C@@H](OC(=O)c1ccccc1)C[C@H]2[C@@]12C4C3C[C@@H]1[C@@](C)(CC[C@H]2O)CN4CC. The van der Waals surface area contributed by atoms with Crippen molar-refractivity contribution >= 4 is 5.97 Å². The molecule has 2 unspecified atom stereocenters. The van der Waals surface area contributed by atoms with Crippen molar-refractivity contribution in [3.05, 3.63) is 48.0 Å². The molecule has 2 spiro atoms. The molecule has 34 heavy (non-hydrogen) atoms. The Labute approximate surface area is 202 Å². The lowest BCUT2D eigenvalue weighted by molar-refractivity contribution is -0.218. The number of aliphatic hydroxyl groups is 2. The fourth-order valence-corrected chi connectivity index (χ4v) is 10.9. The minimum atomic E-state index is -0.576. The molecule has 1 saturated heterocycles. The summed E-state index contributed by atoms with van der Waals surface area (Å²) < 4.78 is 6.20. The summed E-state index contributed by atoms with van der Waals surface area (Å²) in [5, 5.41) is 23.6. The molecule has 11 atom stereocenters. The maximum atomic E-state index is 13.1. The van der Waals surface area contributed by atoms with Crippen LogP contribution in [0.3, 0.4) is 0 Å². The van der Waals surface area contributed by atoms with Crippen LogP contribution in [0.2, 0.25) is 0 Å². The molecule has 2 N–H and O–H groups in total. The third-order valence-corrected chi connectivity index (χ3v) is 11.8. The summed E-state index contributed by atoms with van der Waals surface area (Å²) in [6, 6.07) is 9.51. The number of carbonyl (C=O) groups is 1. The van der Waals surface area contributed by atoms with Gasteiger partial charge in [0.25, 0.3) is 0 Å². The number of rotatable bonds is 3. The molecule has 1 aliphatic heterocycles. The van der Waals surface area contributed by atoms with Crippen LogP contribution in [0, 0.1) is 39.9 Å². The van der Waals surface area contributed by atoms with Gasteiger partial charge in [0.2, 0.25) is 0 Å². The van der Waals surface area contributed by atoms with E-state index in [1.807, 2.05) is 18.2 Å². The van der Waals surface area contributed by atoms with Gasteiger partial charge in [-0.15, -0.1) is 0 Å². The van der Waals surface area contributed by atoms with E-state index in [0.29, 0.717) is 23.4 Å². The maximum Gasteiger partial charge on any atom is 0.338 e. The molecular formula is C29H37NO4. The minimum Gasteiger partial charge on any atom is -0.458 e. The van der Waals surface area contributed by atoms with Crippen molar-refractivity contribution in [1.29, 1.82) is 0 Å². The van der Waals surface area contributed by atoms with Crippen LogP contribution in [0.1, 0.15) is 56.3 Å². The number of hydrogen-bond donors (Lipinski definition) is 2. The minimum absolute atomic E-state index is 0.00305. The highest BCUT2D eigenvalue weighted by Gasteiger charge is 2.85. The van der Waals surface area contributed by atoms with Crippen molar-refractivity contribution in [3.63, 3.8) is 0 Å². The van der Waals surface area contributed by atoms with E-state index in [0.717, 1.165) is 50.8 Å². The highest BCUT2D eigenvalue weighted by molar-refractivity contribution is 5.89. The number of aliphatic hydroxyl groups excluding tert-OH is 2. The predicted molar refractivity (Wildman–Crippen MR) is 128 cm³/mol. The molecule has 1 aromatic carbocycles. The van der Waals surface area contributed by atoms with Crippen LogP contribution in [0.5, 0.6) is 0 Å². The van der Waals surface area contributed by atoms with Crippen molar-refractivity contribution in [2.75, 3.05) is 13.1 Å². The topological polar surface area (TPSA) is 70.0 Å². The molecule has 5 nitrogen and oxygen atoms in total. The van der Waals surface area contributed by atoms with E-state index in [9.17, 15) is 15.0 Å². The van der Waals surface area contributed by atoms with Gasteiger partial charge in [0.15, 0.2) is 0 Å². The van der Waals surface area contributed by atoms with Crippen molar-refractivity contribution in [1.82, 2.24) is 4.90 Å². The maximum absolute atomic E-state index is 13.1. The number of likely N-dealkylation sites (tertiary alicyclic amines) is 1. The Bertz CT molecular complexity index is 1060. The summed E-state index contributed by atoms with van der Waals surface area (Å²) >= 11 is 0. The molecule has 6 fully saturated rings. The number of nitrogens with zero attached hydrogens (tertiary/aromatic N) is 1. The quantitative estimate of drug-likeness (QED) is 0.529. The molecule has 5 saturated carbocycles. The molecular weight excluding hydrogens is 426 g/mol. The van der Waals surface area contributed by atoms with Crippen LogP contribution < -0.4 is 0 Å². The summed E-state index contributed by atoms with van der Waals surface area (Å²) in [5.41, 5.74) is 1.16. The summed E-state index contributed by atoms with van der Waals surface area (Å²) in [4.78, 5) is 15.7. The van der Waals surface area contributed by atoms with Crippen LogP contribution in [0.15, 0.2) is 42.5 Å². The highest BCUT2D eigenvalue weighted by Crippen LogP contribution is 2.83. The fourth-order valence-electron chi connectivity index (χ4n) is 10.9. The van der Waals surface area contributed by atoms with Gasteiger partial charge in [-0.3, -0.25) is 4.90 Å². The predicted octanol–water partition coefficient (Wildman–Crippen LogP) is 3.66. The Hall–Kier alpha value is -1.69. The molecule has 7 rings (SSSR count). The van der Waals surface area contributed by atoms with E-state index >= 15 is 0 Å². The van der Waals surface area contributed by atoms with Gasteiger partial charge in [-0.25, -0.2) is 4.79 Å². The zero-order valence-corrected chi connectivity index (χ0v) is 20.3. The molecule has 1 aromatic rings. The lowest BCUT2D eigenvalue weighted by Gasteiger charge is -2.65. The number of hydrogen-bond acceptors (Lipinski definition) is 5. The van der Waals surface area contributed by atoms with E-state index in [2.05, 4.69) is 25.3 Å². The lowest BCUT2D eigenvalue weighted by atomic mass is 9.43. The second-order valence-corrected chi connectivity index (χ2v) is 12.6. The summed E-state index contributed by atoms with van der Waals surface area (Å²) in [6.45, 7) is 11.1. The zero-order valence-electron chi connectivity index (χ0n) is 20.3. The largest absolute Gasteiger partial charge is 0.458 e. The summed E-state index contributed by atoms with van der Waals surface area (Å²) in [5.74, 6) is 0.700. The number of ether oxygens (including phenoxy) is 1. The summed E-state index contributed by atoms with van der Waals surface area (Å²) in [7, 11) is 0. The van der Waals surface area contributed by atoms with E-state index in [1.165, 1.54) is 0 Å². The van der Waals surface area contributed by atoms with E-state index < -0.39 is 6.10 Å². The molecule has 0 aromatic heterocycles. The summed E-state index contributed by atoms with van der Waals surface area (Å²) in [6.07, 6.45) is 3.36. The van der Waals surface area contributed by atoms with Gasteiger partial charge < -0.3 is 14.9 Å². The van der Waals surface area contributed by atoms with Crippen LogP contribution in [0.25, 0.3) is 0 Å². The van der Waals surface area contributed by atoms with Crippen molar-refractivity contribution in [2.24, 2.45) is 39.9 Å². The van der Waals surface area contributed by atoms with Gasteiger partial charge in [-0.05, 0) is 79.5 Å². The lowest BCUT2D eigenvalue weighted by Crippen LogP contribution is -2.68. The first kappa shape index (κ1) is 21.6. The van der Waals surface area contributed by atoms with Crippen LogP contribution in [-0.4, -0.2) is 58.5 Å². The number of piperidine rings is 1. The van der Waals surface area contributed by atoms with Gasteiger partial charge in [0.05, 0.1) is 17.8 Å². The van der Waals surface area contributed by atoms with Crippen molar-refractivity contribution < 1.29 is 19.7 Å². The second kappa shape index (κ2) is 6.74. The van der Waals surface area contributed by atoms with Crippen molar-refractivity contribution in [2.45, 2.75) is 70.3 Å². The molecule has 5 heteroatoms. The second-order valence-electron chi connectivity index (χ2n) is 12.6. The van der Waals surface area contributed by atoms with Crippen molar-refractivity contribution in [3.8, 4) is 0 Å². The highest BCUT2D eigenvalue weighted by atomic mass is 16.5. The van der Waals surface area contributed by atoms with Gasteiger partial charge in [-0.2, -0.15) is 0 Å². The van der Waals surface area contributed by atoms with E-state index in [4.69, 9.17) is 4.74 Å². The van der Waals surface area contributed by atoms with Gasteiger partial charge in [0, 0.05) is 29.3 Å². The Balaban J connectivity index is 1.33. The average molecular weight is 464 g/mol. The first-order chi connectivity index (χ1) is 16.3. The smallest absolute Gasteiger partial charge is 0.338 e. The number of carbonyl (C=O) groups excluding carboxylic acids is 1. The molecule has 0 amide bonds. The molecule has 6 aliphatic rings. The first-order valence-corrected chi connectivity index (χ1v) is 13.3. The third-order valence-electron chi connectivity index (χ3n) is 11.8. The van der Waals surface area contributed by atoms with Gasteiger partial charge >= 0.3 is 5.97 Å². The van der Waals surface area contributed by atoms with Gasteiger partial charge in [0.1, 0.15) is 6.10 Å². The number of esters is 1. The van der Waals surface area contributed by atoms with E-state index in [1.54, 1.807) is 12.1 Å². The monoisotopic (exact) mass is 463 g/mol. The molecule has 7 bridgehead atoms. The zero-order chi connectivity index (χ0) is 23.6. The molecule has 1 heterocycles. The van der Waals surface area contributed by atoms with E-state index in [-0.39, 0.29) is 46.3 Å². The first-order valence-electron chi connectivity index (χ1n) is 13.3. The molecule has 0 radical (unpaired) electrons. The Morgan fingerprint density at radius 3 is 2.71 bits per heavy atom. The van der Waals surface area contributed by atoms with Gasteiger partial charge in [-0.1, -0.05) is 38.6 Å². The number of benzene rings is 1. The number of fused-ring (bicyclic) bond motifs is 1. The van der Waals surface area contributed by atoms with Crippen LogP contribution in [0.4, 0.5) is 0 Å². The Kier molecular flexibility index (Phi) is 4.28.